The van der Waals surface area contributed by atoms with Crippen molar-refractivity contribution in [2.24, 2.45) is 0 Å². The van der Waals surface area contributed by atoms with Crippen LogP contribution in [-0.4, -0.2) is 18.3 Å². The maximum Gasteiger partial charge on any atom is 0.157 e. The van der Waals surface area contributed by atoms with Gasteiger partial charge in [-0.3, -0.25) is 0 Å². The van der Waals surface area contributed by atoms with Crippen molar-refractivity contribution in [2.45, 2.75) is 45.0 Å². The highest BCUT2D eigenvalue weighted by atomic mass is 35.5. The molecule has 0 aliphatic carbocycles. The van der Waals surface area contributed by atoms with Gasteiger partial charge in [0.1, 0.15) is 6.10 Å². The van der Waals surface area contributed by atoms with E-state index in [1.165, 1.54) is 0 Å². The molecule has 1 aliphatic heterocycles. The van der Waals surface area contributed by atoms with Crippen LogP contribution >= 0.6 is 23.2 Å². The van der Waals surface area contributed by atoms with Crippen molar-refractivity contribution in [1.82, 2.24) is 0 Å². The van der Waals surface area contributed by atoms with Crippen LogP contribution < -0.4 is 10.5 Å². The smallest absolute Gasteiger partial charge is 0.157 e. The van der Waals surface area contributed by atoms with Crippen LogP contribution in [-0.2, 0) is 4.74 Å². The van der Waals surface area contributed by atoms with Gasteiger partial charge < -0.3 is 15.2 Å². The number of anilines is 1. The third-order valence-corrected chi connectivity index (χ3v) is 3.52. The number of ether oxygens (including phenoxy) is 2. The van der Waals surface area contributed by atoms with Crippen molar-refractivity contribution in [2.75, 3.05) is 5.73 Å². The average Bonchev–Trinajstić information content (AvgIpc) is 2.22. The van der Waals surface area contributed by atoms with Gasteiger partial charge >= 0.3 is 0 Å². The first-order valence-corrected chi connectivity index (χ1v) is 6.78. The second kappa shape index (κ2) is 5.55. The molecule has 3 nitrogen and oxygen atoms in total. The fourth-order valence-electron chi connectivity index (χ4n) is 2.30. The fraction of sp³-hybridized carbons (Fsp3) is 0.538. The summed E-state index contributed by atoms with van der Waals surface area (Å²) in [6.07, 6.45) is 2.11. The summed E-state index contributed by atoms with van der Waals surface area (Å²) in [5, 5.41) is 0.901. The normalized spacial score (nSPS) is 28.1. The molecule has 0 spiro atoms. The summed E-state index contributed by atoms with van der Waals surface area (Å²) in [5.41, 5.74) is 6.19. The van der Waals surface area contributed by atoms with Gasteiger partial charge in [-0.1, -0.05) is 23.2 Å². The van der Waals surface area contributed by atoms with Crippen molar-refractivity contribution in [3.8, 4) is 5.75 Å². The molecule has 0 saturated carbocycles. The van der Waals surface area contributed by atoms with Crippen molar-refractivity contribution in [3.05, 3.63) is 22.2 Å². The maximum absolute atomic E-state index is 6.11. The molecular weight excluding hydrogens is 273 g/mol. The second-order valence-electron chi connectivity index (χ2n) is 4.78. The predicted octanol–water partition coefficient (Wildman–Crippen LogP) is 3.91. The van der Waals surface area contributed by atoms with E-state index in [0.29, 0.717) is 21.5 Å². The molecule has 1 aromatic rings. The van der Waals surface area contributed by atoms with Gasteiger partial charge in [0.25, 0.3) is 0 Å². The molecule has 2 unspecified atom stereocenters. The number of benzene rings is 1. The van der Waals surface area contributed by atoms with Crippen LogP contribution in [0.25, 0.3) is 0 Å². The third kappa shape index (κ3) is 3.22. The molecule has 0 aromatic heterocycles. The highest BCUT2D eigenvalue weighted by molar-refractivity contribution is 6.37. The minimum atomic E-state index is 0.0716. The van der Waals surface area contributed by atoms with Crippen LogP contribution in [0.2, 0.25) is 10.0 Å². The quantitative estimate of drug-likeness (QED) is 0.840. The van der Waals surface area contributed by atoms with E-state index < -0.39 is 0 Å². The highest BCUT2D eigenvalue weighted by Gasteiger charge is 2.27. The Morgan fingerprint density at radius 3 is 2.17 bits per heavy atom. The van der Waals surface area contributed by atoms with Gasteiger partial charge in [-0.2, -0.15) is 0 Å². The van der Waals surface area contributed by atoms with Crippen LogP contribution in [0.1, 0.15) is 26.7 Å². The first-order chi connectivity index (χ1) is 8.45. The largest absolute Gasteiger partial charge is 0.487 e. The Hall–Kier alpha value is -0.640. The standard InChI is InChI=1S/C13H17Cl2NO2/c1-7-3-10(4-8(2)17-7)18-13-11(14)5-9(16)6-12(13)15/h5-8,10H,3-4,16H2,1-2H3. The number of halogens is 2. The van der Waals surface area contributed by atoms with Gasteiger partial charge in [-0.05, 0) is 26.0 Å². The zero-order chi connectivity index (χ0) is 13.3. The molecule has 1 saturated heterocycles. The molecule has 100 valence electrons. The van der Waals surface area contributed by atoms with Crippen LogP contribution in [0.4, 0.5) is 5.69 Å². The summed E-state index contributed by atoms with van der Waals surface area (Å²) < 4.78 is 11.6. The number of nitrogen functional groups attached to an aromatic ring is 1. The number of nitrogens with two attached hydrogens (primary N) is 1. The van der Waals surface area contributed by atoms with Gasteiger partial charge in [0.2, 0.25) is 0 Å². The number of rotatable bonds is 2. The van der Waals surface area contributed by atoms with Gasteiger partial charge in [0, 0.05) is 18.5 Å². The van der Waals surface area contributed by atoms with E-state index in [9.17, 15) is 0 Å². The molecular formula is C13H17Cl2NO2. The Kier molecular flexibility index (Phi) is 4.25. The number of hydrogen-bond acceptors (Lipinski definition) is 3. The van der Waals surface area contributed by atoms with Crippen LogP contribution in [0.5, 0.6) is 5.75 Å². The molecule has 0 bridgehead atoms. The van der Waals surface area contributed by atoms with E-state index in [-0.39, 0.29) is 18.3 Å². The summed E-state index contributed by atoms with van der Waals surface area (Å²) in [7, 11) is 0. The Morgan fingerprint density at radius 2 is 1.67 bits per heavy atom. The molecule has 1 heterocycles. The zero-order valence-corrected chi connectivity index (χ0v) is 12.0. The van der Waals surface area contributed by atoms with E-state index >= 15 is 0 Å². The molecule has 1 aromatic carbocycles. The fourth-order valence-corrected chi connectivity index (χ4v) is 2.89. The SMILES string of the molecule is CC1CC(Oc2c(Cl)cc(N)cc2Cl)CC(C)O1. The van der Waals surface area contributed by atoms with Crippen molar-refractivity contribution in [3.63, 3.8) is 0 Å². The lowest BCUT2D eigenvalue weighted by molar-refractivity contribution is -0.0721. The lowest BCUT2D eigenvalue weighted by atomic mass is 10.0. The van der Waals surface area contributed by atoms with E-state index in [1.54, 1.807) is 12.1 Å². The van der Waals surface area contributed by atoms with Crippen LogP contribution in [0.15, 0.2) is 12.1 Å². The molecule has 0 radical (unpaired) electrons. The monoisotopic (exact) mass is 289 g/mol. The summed E-state index contributed by atoms with van der Waals surface area (Å²) in [6, 6.07) is 3.30. The predicted molar refractivity (Wildman–Crippen MR) is 74.5 cm³/mol. The van der Waals surface area contributed by atoms with Gasteiger partial charge in [0.15, 0.2) is 5.75 Å². The molecule has 1 aliphatic rings. The van der Waals surface area contributed by atoms with E-state index in [1.807, 2.05) is 13.8 Å². The minimum Gasteiger partial charge on any atom is -0.487 e. The first-order valence-electron chi connectivity index (χ1n) is 6.02. The Balaban J connectivity index is 2.14. The van der Waals surface area contributed by atoms with Crippen molar-refractivity contribution < 1.29 is 9.47 Å². The number of hydrogen-bond donors (Lipinski definition) is 1. The molecule has 18 heavy (non-hydrogen) atoms. The van der Waals surface area contributed by atoms with Crippen LogP contribution in [0, 0.1) is 0 Å². The molecule has 1 fully saturated rings. The first kappa shape index (κ1) is 13.8. The summed E-state index contributed by atoms with van der Waals surface area (Å²) in [6.45, 7) is 4.08. The maximum atomic E-state index is 6.11. The molecule has 0 amide bonds. The Bertz CT molecular complexity index is 406. The molecule has 5 heteroatoms. The van der Waals surface area contributed by atoms with Crippen LogP contribution in [0.3, 0.4) is 0 Å². The Morgan fingerprint density at radius 1 is 1.17 bits per heavy atom. The second-order valence-corrected chi connectivity index (χ2v) is 5.60. The topological polar surface area (TPSA) is 44.5 Å². The van der Waals surface area contributed by atoms with Gasteiger partial charge in [-0.25, -0.2) is 0 Å². The summed E-state index contributed by atoms with van der Waals surface area (Å²) in [4.78, 5) is 0. The molecule has 2 rings (SSSR count). The lowest BCUT2D eigenvalue weighted by Gasteiger charge is -2.32. The van der Waals surface area contributed by atoms with Gasteiger partial charge in [-0.15, -0.1) is 0 Å². The van der Waals surface area contributed by atoms with E-state index in [2.05, 4.69) is 0 Å². The van der Waals surface area contributed by atoms with E-state index in [0.717, 1.165) is 12.8 Å². The Labute approximate surface area is 117 Å². The minimum absolute atomic E-state index is 0.0716. The average molecular weight is 290 g/mol. The molecule has 2 N–H and O–H groups in total. The summed E-state index contributed by atoms with van der Waals surface area (Å²) >= 11 is 12.2. The highest BCUT2D eigenvalue weighted by Crippen LogP contribution is 2.37. The third-order valence-electron chi connectivity index (χ3n) is 2.96. The summed E-state index contributed by atoms with van der Waals surface area (Å²) in [5.74, 6) is 0.513. The van der Waals surface area contributed by atoms with Crippen molar-refractivity contribution in [1.29, 1.82) is 0 Å². The van der Waals surface area contributed by atoms with E-state index in [4.69, 9.17) is 38.4 Å². The zero-order valence-electron chi connectivity index (χ0n) is 10.5. The molecule has 2 atom stereocenters. The van der Waals surface area contributed by atoms with Crippen molar-refractivity contribution >= 4 is 28.9 Å². The van der Waals surface area contributed by atoms with Gasteiger partial charge in [0.05, 0.1) is 22.3 Å². The lowest BCUT2D eigenvalue weighted by Crippen LogP contribution is -2.35.